The predicted octanol–water partition coefficient (Wildman–Crippen LogP) is 4.90. The number of aromatic amines is 1. The summed E-state index contributed by atoms with van der Waals surface area (Å²) >= 11 is 1.58. The molecule has 30 heavy (non-hydrogen) atoms. The van der Waals surface area contributed by atoms with Gasteiger partial charge in [-0.05, 0) is 38.0 Å². The molecule has 1 saturated carbocycles. The van der Waals surface area contributed by atoms with Crippen molar-refractivity contribution in [1.29, 1.82) is 0 Å². The van der Waals surface area contributed by atoms with E-state index in [-0.39, 0.29) is 12.1 Å². The number of imidazole rings is 1. The second-order valence-electron chi connectivity index (χ2n) is 7.62. The second-order valence-corrected chi connectivity index (χ2v) is 8.65. The van der Waals surface area contributed by atoms with E-state index in [1.165, 1.54) is 0 Å². The molecule has 1 aliphatic rings. The van der Waals surface area contributed by atoms with Gasteiger partial charge < -0.3 is 20.1 Å². The summed E-state index contributed by atoms with van der Waals surface area (Å²) in [5.41, 5.74) is 2.57. The number of benzene rings is 1. The molecular weight excluding hydrogens is 398 g/mol. The van der Waals surface area contributed by atoms with Gasteiger partial charge in [-0.1, -0.05) is 24.2 Å². The van der Waals surface area contributed by atoms with Gasteiger partial charge in [-0.15, -0.1) is 0 Å². The fraction of sp³-hybridized carbons (Fsp3) is 0.318. The number of aliphatic hydroxyl groups is 1. The van der Waals surface area contributed by atoms with Crippen LogP contribution in [0.2, 0.25) is 0 Å². The Hall–Kier alpha value is -2.97. The van der Waals surface area contributed by atoms with Crippen LogP contribution in [0.25, 0.3) is 21.7 Å². The Bertz CT molecular complexity index is 1170. The summed E-state index contributed by atoms with van der Waals surface area (Å²) in [6.07, 6.45) is 7.32. The van der Waals surface area contributed by atoms with Crippen molar-refractivity contribution in [1.82, 2.24) is 19.9 Å². The van der Waals surface area contributed by atoms with Gasteiger partial charge >= 0.3 is 0 Å². The zero-order valence-corrected chi connectivity index (χ0v) is 17.4. The number of hydrogen-bond donors (Lipinski definition) is 3. The van der Waals surface area contributed by atoms with Crippen molar-refractivity contribution in [3.8, 4) is 23.0 Å². The van der Waals surface area contributed by atoms with Gasteiger partial charge in [-0.2, -0.15) is 0 Å². The third-order valence-corrected chi connectivity index (χ3v) is 6.26. The van der Waals surface area contributed by atoms with Crippen molar-refractivity contribution in [3.05, 3.63) is 48.4 Å². The summed E-state index contributed by atoms with van der Waals surface area (Å²) in [7, 11) is 0. The maximum atomic E-state index is 10.2. The largest absolute Gasteiger partial charge is 0.457 e. The number of nitrogens with one attached hydrogen (secondary N) is 2. The maximum absolute atomic E-state index is 10.2. The van der Waals surface area contributed by atoms with Crippen LogP contribution in [-0.2, 0) is 0 Å². The predicted molar refractivity (Wildman–Crippen MR) is 118 cm³/mol. The minimum atomic E-state index is -0.302. The van der Waals surface area contributed by atoms with E-state index in [0.717, 1.165) is 64.0 Å². The van der Waals surface area contributed by atoms with Crippen LogP contribution in [0.1, 0.15) is 31.4 Å². The Morgan fingerprint density at radius 3 is 2.83 bits per heavy atom. The van der Waals surface area contributed by atoms with Crippen molar-refractivity contribution < 1.29 is 9.84 Å². The minimum absolute atomic E-state index is 0.0792. The lowest BCUT2D eigenvalue weighted by atomic mass is 9.93. The first-order chi connectivity index (χ1) is 14.6. The highest BCUT2D eigenvalue weighted by Crippen LogP contribution is 2.33. The second kappa shape index (κ2) is 8.04. The molecule has 0 aliphatic heterocycles. The van der Waals surface area contributed by atoms with E-state index < -0.39 is 0 Å². The molecule has 0 bridgehead atoms. The number of aryl methyl sites for hydroxylation is 1. The molecule has 3 heterocycles. The summed E-state index contributed by atoms with van der Waals surface area (Å²) in [5, 5.41) is 14.5. The van der Waals surface area contributed by atoms with Gasteiger partial charge in [0.2, 0.25) is 0 Å². The summed E-state index contributed by atoms with van der Waals surface area (Å²) < 4.78 is 7.11. The molecule has 154 valence electrons. The molecule has 5 rings (SSSR count). The van der Waals surface area contributed by atoms with Crippen molar-refractivity contribution in [2.45, 2.75) is 44.8 Å². The standard InChI is InChI=1S/C22H23N5O2S/c1-13-12-24-21(25-13)18-10-15(8-9-23-18)29-14-6-7-17-20(11-14)30-22(27-17)26-16-4-2-3-5-19(16)28/h6-12,16,19,28H,2-5H2,1H3,(H,24,25)(H,26,27)/t16-,19-/m1/s1. The first-order valence-corrected chi connectivity index (χ1v) is 11.0. The quantitative estimate of drug-likeness (QED) is 0.424. The van der Waals surface area contributed by atoms with Crippen molar-refractivity contribution in [3.63, 3.8) is 0 Å². The summed E-state index contributed by atoms with van der Waals surface area (Å²) in [5.74, 6) is 2.15. The number of ether oxygens (including phenoxy) is 1. The van der Waals surface area contributed by atoms with Gasteiger partial charge in [-0.25, -0.2) is 9.97 Å². The third kappa shape index (κ3) is 4.01. The van der Waals surface area contributed by atoms with Gasteiger partial charge in [0.15, 0.2) is 11.0 Å². The zero-order chi connectivity index (χ0) is 20.5. The monoisotopic (exact) mass is 421 g/mol. The van der Waals surface area contributed by atoms with Crippen molar-refractivity contribution >= 4 is 26.7 Å². The average Bonchev–Trinajstić information content (AvgIpc) is 3.35. The summed E-state index contributed by atoms with van der Waals surface area (Å²) in [6.45, 7) is 1.93. The first kappa shape index (κ1) is 19.0. The van der Waals surface area contributed by atoms with Crippen LogP contribution in [0.15, 0.2) is 42.7 Å². The molecule has 7 nitrogen and oxygen atoms in total. The number of hydrogen-bond acceptors (Lipinski definition) is 7. The number of aromatic nitrogens is 4. The van der Waals surface area contributed by atoms with Gasteiger partial charge in [0.05, 0.1) is 28.1 Å². The van der Waals surface area contributed by atoms with Crippen LogP contribution in [0, 0.1) is 6.92 Å². The third-order valence-electron chi connectivity index (χ3n) is 5.31. The Morgan fingerprint density at radius 1 is 1.13 bits per heavy atom. The fourth-order valence-electron chi connectivity index (χ4n) is 3.75. The molecular formula is C22H23N5O2S. The zero-order valence-electron chi connectivity index (χ0n) is 16.6. The van der Waals surface area contributed by atoms with E-state index in [1.807, 2.05) is 43.5 Å². The number of rotatable bonds is 5. The average molecular weight is 422 g/mol. The number of anilines is 1. The van der Waals surface area contributed by atoms with Gasteiger partial charge in [0.1, 0.15) is 17.2 Å². The SMILES string of the molecule is Cc1c[nH]c(-c2cc(Oc3ccc4nc(N[C@@H]5CCCC[C@H]5O)sc4c3)ccn2)n1. The molecule has 0 saturated heterocycles. The maximum Gasteiger partial charge on any atom is 0.184 e. The number of thiazole rings is 1. The number of fused-ring (bicyclic) bond motifs is 1. The van der Waals surface area contributed by atoms with Crippen LogP contribution in [0.4, 0.5) is 5.13 Å². The molecule has 0 amide bonds. The molecule has 3 N–H and O–H groups in total. The molecule has 0 unspecified atom stereocenters. The topological polar surface area (TPSA) is 96.0 Å². The van der Waals surface area contributed by atoms with Crippen LogP contribution in [0.3, 0.4) is 0 Å². The number of aliphatic hydroxyl groups excluding tert-OH is 1. The van der Waals surface area contributed by atoms with E-state index in [0.29, 0.717) is 5.75 Å². The molecule has 2 atom stereocenters. The highest BCUT2D eigenvalue weighted by atomic mass is 32.1. The molecule has 0 spiro atoms. The van der Waals surface area contributed by atoms with Gasteiger partial charge in [0, 0.05) is 24.5 Å². The molecule has 1 fully saturated rings. The smallest absolute Gasteiger partial charge is 0.184 e. The summed E-state index contributed by atoms with van der Waals surface area (Å²) in [4.78, 5) is 16.6. The molecule has 0 radical (unpaired) electrons. The Morgan fingerprint density at radius 2 is 2.00 bits per heavy atom. The lowest BCUT2D eigenvalue weighted by Crippen LogP contribution is -2.36. The van der Waals surface area contributed by atoms with E-state index in [4.69, 9.17) is 4.74 Å². The Balaban J connectivity index is 1.34. The summed E-state index contributed by atoms with van der Waals surface area (Å²) in [6, 6.07) is 9.64. The Kier molecular flexibility index (Phi) is 5.10. The molecule has 8 heteroatoms. The van der Waals surface area contributed by atoms with Crippen molar-refractivity contribution in [2.75, 3.05) is 5.32 Å². The lowest BCUT2D eigenvalue weighted by molar-refractivity contribution is 0.116. The first-order valence-electron chi connectivity index (χ1n) is 10.2. The molecule has 4 aromatic rings. The van der Waals surface area contributed by atoms with E-state index in [1.54, 1.807) is 17.5 Å². The lowest BCUT2D eigenvalue weighted by Gasteiger charge is -2.27. The number of nitrogens with zero attached hydrogens (tertiary/aromatic N) is 3. The van der Waals surface area contributed by atoms with Crippen LogP contribution in [-0.4, -0.2) is 37.2 Å². The van der Waals surface area contributed by atoms with Crippen LogP contribution < -0.4 is 10.1 Å². The van der Waals surface area contributed by atoms with E-state index in [2.05, 4.69) is 25.3 Å². The number of pyridine rings is 1. The van der Waals surface area contributed by atoms with Crippen LogP contribution in [0.5, 0.6) is 11.5 Å². The molecule has 1 aliphatic carbocycles. The minimum Gasteiger partial charge on any atom is -0.457 e. The highest BCUT2D eigenvalue weighted by molar-refractivity contribution is 7.22. The molecule has 1 aromatic carbocycles. The van der Waals surface area contributed by atoms with E-state index >= 15 is 0 Å². The van der Waals surface area contributed by atoms with Gasteiger partial charge in [-0.3, -0.25) is 4.98 Å². The normalized spacial score (nSPS) is 19.1. The van der Waals surface area contributed by atoms with Crippen molar-refractivity contribution in [2.24, 2.45) is 0 Å². The fourth-order valence-corrected chi connectivity index (χ4v) is 4.71. The highest BCUT2D eigenvalue weighted by Gasteiger charge is 2.23. The Labute approximate surface area is 178 Å². The van der Waals surface area contributed by atoms with Gasteiger partial charge in [0.25, 0.3) is 0 Å². The number of H-pyrrole nitrogens is 1. The van der Waals surface area contributed by atoms with Crippen LogP contribution >= 0.6 is 11.3 Å². The van der Waals surface area contributed by atoms with E-state index in [9.17, 15) is 5.11 Å². The molecule has 3 aromatic heterocycles.